The van der Waals surface area contributed by atoms with E-state index in [4.69, 9.17) is 19.4 Å². The Balaban J connectivity index is 1.23. The Kier molecular flexibility index (Phi) is 6.80. The van der Waals surface area contributed by atoms with E-state index in [0.29, 0.717) is 17.5 Å². The van der Waals surface area contributed by atoms with Crippen molar-refractivity contribution in [1.82, 2.24) is 15.0 Å². The molecule has 0 radical (unpaired) electrons. The summed E-state index contributed by atoms with van der Waals surface area (Å²) < 4.78 is 6.31. The van der Waals surface area contributed by atoms with Gasteiger partial charge in [0.2, 0.25) is 0 Å². The number of aromatic nitrogens is 3. The zero-order valence-corrected chi connectivity index (χ0v) is 28.8. The van der Waals surface area contributed by atoms with Crippen molar-refractivity contribution < 1.29 is 4.42 Å². The van der Waals surface area contributed by atoms with Crippen molar-refractivity contribution in [3.05, 3.63) is 175 Å². The first-order valence-electron chi connectivity index (χ1n) is 17.7. The fourth-order valence-corrected chi connectivity index (χ4v) is 7.93. The number of fused-ring (bicyclic) bond motifs is 6. The lowest BCUT2D eigenvalue weighted by molar-refractivity contribution is 0.660. The van der Waals surface area contributed by atoms with Gasteiger partial charge in [0.1, 0.15) is 11.2 Å². The highest BCUT2D eigenvalue weighted by molar-refractivity contribution is 6.11. The molecule has 0 unspecified atom stereocenters. The molecule has 0 saturated carbocycles. The highest BCUT2D eigenvalue weighted by atomic mass is 16.3. The molecule has 52 heavy (non-hydrogen) atoms. The second kappa shape index (κ2) is 11.7. The van der Waals surface area contributed by atoms with Gasteiger partial charge in [-0.25, -0.2) is 15.0 Å². The van der Waals surface area contributed by atoms with Crippen LogP contribution in [0.15, 0.2) is 168 Å². The number of hydrogen-bond acceptors (Lipinski definition) is 4. The summed E-state index contributed by atoms with van der Waals surface area (Å²) in [6.45, 7) is 4.60. The molecule has 9 aromatic rings. The fraction of sp³-hybridized carbons (Fsp3) is 0.0625. The van der Waals surface area contributed by atoms with E-state index in [1.165, 1.54) is 22.3 Å². The minimum atomic E-state index is -0.0937. The zero-order chi connectivity index (χ0) is 34.8. The lowest BCUT2D eigenvalue weighted by atomic mass is 9.82. The smallest absolute Gasteiger partial charge is 0.164 e. The predicted molar refractivity (Wildman–Crippen MR) is 212 cm³/mol. The zero-order valence-electron chi connectivity index (χ0n) is 28.8. The van der Waals surface area contributed by atoms with E-state index < -0.39 is 0 Å². The Morgan fingerprint density at radius 1 is 0.385 bits per heavy atom. The molecule has 246 valence electrons. The first-order valence-corrected chi connectivity index (χ1v) is 17.7. The number of hydrogen-bond donors (Lipinski definition) is 0. The van der Waals surface area contributed by atoms with Gasteiger partial charge in [-0.1, -0.05) is 141 Å². The van der Waals surface area contributed by atoms with E-state index in [2.05, 4.69) is 135 Å². The average molecular weight is 668 g/mol. The topological polar surface area (TPSA) is 51.8 Å². The largest absolute Gasteiger partial charge is 0.456 e. The van der Waals surface area contributed by atoms with Gasteiger partial charge in [-0.05, 0) is 80.9 Å². The summed E-state index contributed by atoms with van der Waals surface area (Å²) in [4.78, 5) is 15.8. The third kappa shape index (κ3) is 4.87. The Hall–Kier alpha value is -6.65. The third-order valence-corrected chi connectivity index (χ3v) is 10.5. The van der Waals surface area contributed by atoms with Crippen molar-refractivity contribution in [2.75, 3.05) is 0 Å². The maximum Gasteiger partial charge on any atom is 0.164 e. The number of benzene rings is 7. The number of nitrogens with zero attached hydrogens (tertiary/aromatic N) is 3. The molecule has 2 aromatic heterocycles. The van der Waals surface area contributed by atoms with E-state index in [-0.39, 0.29) is 5.41 Å². The minimum Gasteiger partial charge on any atom is -0.456 e. The standard InChI is InChI=1S/C48H33N3O/c1-48(2)40-21-11-9-18-36(40)39-29-32(24-25-41(39)48)45-49-46(51-47(50-45)38-20-13-23-43-44(38)37-19-10-12-22-42(37)52-43)35-27-33(30-14-5-3-6-15-30)26-34(28-35)31-16-7-4-8-17-31/h3-29H,1-2H3. The van der Waals surface area contributed by atoms with Crippen molar-refractivity contribution in [2.24, 2.45) is 0 Å². The second-order valence-electron chi connectivity index (χ2n) is 14.0. The lowest BCUT2D eigenvalue weighted by Crippen LogP contribution is -2.14. The molecule has 4 nitrogen and oxygen atoms in total. The summed E-state index contributed by atoms with van der Waals surface area (Å²) in [6, 6.07) is 57.3. The molecule has 0 aliphatic heterocycles. The van der Waals surface area contributed by atoms with Gasteiger partial charge >= 0.3 is 0 Å². The summed E-state index contributed by atoms with van der Waals surface area (Å²) in [7, 11) is 0. The van der Waals surface area contributed by atoms with Crippen LogP contribution < -0.4 is 0 Å². The van der Waals surface area contributed by atoms with E-state index >= 15 is 0 Å². The van der Waals surface area contributed by atoms with Gasteiger partial charge < -0.3 is 4.42 Å². The van der Waals surface area contributed by atoms with Gasteiger partial charge in [0.15, 0.2) is 17.5 Å². The SMILES string of the molecule is CC1(C)c2ccccc2-c2cc(-c3nc(-c4cc(-c5ccccc5)cc(-c5ccccc5)c4)nc(-c4cccc5oc6ccccc6c45)n3)ccc21. The monoisotopic (exact) mass is 667 g/mol. The normalized spacial score (nSPS) is 13.0. The van der Waals surface area contributed by atoms with Crippen LogP contribution in [0.3, 0.4) is 0 Å². The van der Waals surface area contributed by atoms with E-state index in [1.807, 2.05) is 42.5 Å². The van der Waals surface area contributed by atoms with Crippen molar-refractivity contribution in [3.63, 3.8) is 0 Å². The Labute approximate surface area is 302 Å². The lowest BCUT2D eigenvalue weighted by Gasteiger charge is -2.21. The Morgan fingerprint density at radius 2 is 0.942 bits per heavy atom. The average Bonchev–Trinajstić information content (AvgIpc) is 3.70. The molecule has 1 aliphatic rings. The van der Waals surface area contributed by atoms with Gasteiger partial charge in [-0.2, -0.15) is 0 Å². The molecule has 1 aliphatic carbocycles. The van der Waals surface area contributed by atoms with Crippen LogP contribution in [-0.4, -0.2) is 15.0 Å². The van der Waals surface area contributed by atoms with Crippen molar-refractivity contribution in [1.29, 1.82) is 0 Å². The highest BCUT2D eigenvalue weighted by Gasteiger charge is 2.35. The number of para-hydroxylation sites is 1. The molecule has 0 fully saturated rings. The molecule has 10 rings (SSSR count). The maximum atomic E-state index is 6.31. The molecule has 2 heterocycles. The summed E-state index contributed by atoms with van der Waals surface area (Å²) in [5.74, 6) is 1.84. The van der Waals surface area contributed by atoms with Gasteiger partial charge in [0, 0.05) is 32.9 Å². The predicted octanol–water partition coefficient (Wildman–Crippen LogP) is 12.4. The van der Waals surface area contributed by atoms with Crippen LogP contribution in [-0.2, 0) is 5.41 Å². The first kappa shape index (κ1) is 30.2. The molecule has 0 saturated heterocycles. The summed E-state index contributed by atoms with van der Waals surface area (Å²) in [6.07, 6.45) is 0. The molecular weight excluding hydrogens is 635 g/mol. The van der Waals surface area contributed by atoms with Crippen LogP contribution in [0.5, 0.6) is 0 Å². The van der Waals surface area contributed by atoms with Gasteiger partial charge in [0.25, 0.3) is 0 Å². The molecular formula is C48H33N3O. The van der Waals surface area contributed by atoms with E-state index in [1.54, 1.807) is 0 Å². The highest BCUT2D eigenvalue weighted by Crippen LogP contribution is 2.49. The molecule has 0 spiro atoms. The van der Waals surface area contributed by atoms with Gasteiger partial charge in [-0.15, -0.1) is 0 Å². The molecule has 0 amide bonds. The number of rotatable bonds is 5. The maximum absolute atomic E-state index is 6.31. The summed E-state index contributed by atoms with van der Waals surface area (Å²) in [5, 5.41) is 2.03. The van der Waals surface area contributed by atoms with Gasteiger partial charge in [0.05, 0.1) is 0 Å². The first-order chi connectivity index (χ1) is 25.5. The third-order valence-electron chi connectivity index (χ3n) is 10.5. The number of furan rings is 1. The Bertz CT molecular complexity index is 2760. The van der Waals surface area contributed by atoms with Crippen LogP contribution in [0.1, 0.15) is 25.0 Å². The molecule has 7 aromatic carbocycles. The minimum absolute atomic E-state index is 0.0937. The van der Waals surface area contributed by atoms with Crippen molar-refractivity contribution >= 4 is 21.9 Å². The van der Waals surface area contributed by atoms with Crippen LogP contribution in [0, 0.1) is 0 Å². The molecule has 0 bridgehead atoms. The van der Waals surface area contributed by atoms with Gasteiger partial charge in [-0.3, -0.25) is 0 Å². The fourth-order valence-electron chi connectivity index (χ4n) is 7.93. The van der Waals surface area contributed by atoms with E-state index in [0.717, 1.165) is 60.9 Å². The quantitative estimate of drug-likeness (QED) is 0.183. The summed E-state index contributed by atoms with van der Waals surface area (Å²) >= 11 is 0. The molecule has 4 heteroatoms. The summed E-state index contributed by atoms with van der Waals surface area (Å²) in [5.41, 5.74) is 13.9. The van der Waals surface area contributed by atoms with Crippen molar-refractivity contribution in [2.45, 2.75) is 19.3 Å². The van der Waals surface area contributed by atoms with Crippen LogP contribution in [0.25, 0.3) is 89.5 Å². The molecule has 0 atom stereocenters. The van der Waals surface area contributed by atoms with Crippen LogP contribution in [0.2, 0.25) is 0 Å². The molecule has 0 N–H and O–H groups in total. The second-order valence-corrected chi connectivity index (χ2v) is 14.0. The van der Waals surface area contributed by atoms with Crippen LogP contribution >= 0.6 is 0 Å². The Morgan fingerprint density at radius 3 is 1.69 bits per heavy atom. The van der Waals surface area contributed by atoms with E-state index in [9.17, 15) is 0 Å². The van der Waals surface area contributed by atoms with Crippen LogP contribution in [0.4, 0.5) is 0 Å². The van der Waals surface area contributed by atoms with Crippen molar-refractivity contribution in [3.8, 4) is 67.5 Å².